The molecule has 1 aliphatic heterocycles. The summed E-state index contributed by atoms with van der Waals surface area (Å²) < 4.78 is 22.5. The van der Waals surface area contributed by atoms with E-state index in [0.717, 1.165) is 24.3 Å². The molecule has 0 atom stereocenters. The van der Waals surface area contributed by atoms with Gasteiger partial charge in [-0.1, -0.05) is 11.3 Å². The van der Waals surface area contributed by atoms with Gasteiger partial charge in [-0.25, -0.2) is 4.98 Å². The Morgan fingerprint density at radius 2 is 1.93 bits per heavy atom. The third kappa shape index (κ3) is 4.54. The lowest BCUT2D eigenvalue weighted by atomic mass is 10.3. The second kappa shape index (κ2) is 10.1. The molecule has 30 heavy (non-hydrogen) atoms. The lowest BCUT2D eigenvalue weighted by Crippen LogP contribution is -2.43. The predicted octanol–water partition coefficient (Wildman–Crippen LogP) is 3.31. The van der Waals surface area contributed by atoms with E-state index in [4.69, 9.17) is 23.6 Å². The lowest BCUT2D eigenvalue weighted by Gasteiger charge is -2.28. The number of carbonyl (C=O) groups is 1. The predicted molar refractivity (Wildman–Crippen MR) is 118 cm³/mol. The van der Waals surface area contributed by atoms with Crippen LogP contribution in [0.5, 0.6) is 11.5 Å². The lowest BCUT2D eigenvalue weighted by molar-refractivity contribution is 0.0390. The summed E-state index contributed by atoms with van der Waals surface area (Å²) in [6.45, 7) is 4.34. The van der Waals surface area contributed by atoms with Gasteiger partial charge in [-0.3, -0.25) is 14.6 Å². The monoisotopic (exact) mass is 453 g/mol. The van der Waals surface area contributed by atoms with Crippen LogP contribution in [0.1, 0.15) is 10.6 Å². The number of nitrogens with zero attached hydrogens (tertiary/aromatic N) is 3. The molecule has 0 saturated carbocycles. The van der Waals surface area contributed by atoms with Crippen LogP contribution in [0.25, 0.3) is 10.2 Å². The second-order valence-electron chi connectivity index (χ2n) is 6.53. The Morgan fingerprint density at radius 1 is 1.20 bits per heavy atom. The molecular weight excluding hydrogens is 430 g/mol. The highest BCUT2D eigenvalue weighted by atomic mass is 35.5. The van der Waals surface area contributed by atoms with Crippen molar-refractivity contribution in [3.8, 4) is 11.5 Å². The average Bonchev–Trinajstić information content (AvgIpc) is 3.44. The van der Waals surface area contributed by atoms with Crippen molar-refractivity contribution in [3.63, 3.8) is 0 Å². The van der Waals surface area contributed by atoms with E-state index < -0.39 is 0 Å². The number of methoxy groups -OCH3 is 2. The highest BCUT2D eigenvalue weighted by Crippen LogP contribution is 2.40. The van der Waals surface area contributed by atoms with E-state index in [0.29, 0.717) is 41.9 Å². The zero-order valence-corrected chi connectivity index (χ0v) is 18.5. The number of rotatable bonds is 7. The molecule has 1 aliphatic rings. The van der Waals surface area contributed by atoms with Crippen molar-refractivity contribution in [2.75, 3.05) is 58.5 Å². The molecule has 0 unspecified atom stereocenters. The number of hydrogen-bond donors (Lipinski definition) is 0. The third-order valence-electron chi connectivity index (χ3n) is 4.85. The fourth-order valence-electron chi connectivity index (χ4n) is 3.27. The summed E-state index contributed by atoms with van der Waals surface area (Å²) in [6.07, 6.45) is 1.50. The fourth-order valence-corrected chi connectivity index (χ4v) is 4.37. The van der Waals surface area contributed by atoms with Crippen LogP contribution in [0.4, 0.5) is 5.13 Å². The van der Waals surface area contributed by atoms with Crippen molar-refractivity contribution < 1.29 is 23.4 Å². The quantitative estimate of drug-likeness (QED) is 0.543. The van der Waals surface area contributed by atoms with E-state index in [2.05, 4.69) is 4.90 Å². The number of thiazole rings is 1. The van der Waals surface area contributed by atoms with Gasteiger partial charge >= 0.3 is 0 Å². The van der Waals surface area contributed by atoms with E-state index in [1.165, 1.54) is 17.6 Å². The average molecular weight is 454 g/mol. The number of anilines is 1. The molecule has 1 saturated heterocycles. The van der Waals surface area contributed by atoms with Gasteiger partial charge in [0.25, 0.3) is 5.91 Å². The molecular formula is C20H24ClN3O5S. The standard InChI is InChI=1S/C20H23N3O5S.ClH/c1-25-14-5-6-15(26-2)18-17(14)21-20(29-18)23(19(24)16-4-3-11-28-16)8-7-22-9-12-27-13-10-22;/h3-6,11H,7-10,12-13H2,1-2H3;1H. The minimum atomic E-state index is -0.222. The number of hydrogen-bond acceptors (Lipinski definition) is 8. The van der Waals surface area contributed by atoms with Crippen LogP contribution in [0.3, 0.4) is 0 Å². The van der Waals surface area contributed by atoms with Crippen molar-refractivity contribution in [3.05, 3.63) is 36.3 Å². The summed E-state index contributed by atoms with van der Waals surface area (Å²) in [4.78, 5) is 21.8. The van der Waals surface area contributed by atoms with Crippen molar-refractivity contribution in [1.82, 2.24) is 9.88 Å². The first-order chi connectivity index (χ1) is 14.2. The number of furan rings is 1. The number of aromatic nitrogens is 1. The third-order valence-corrected chi connectivity index (χ3v) is 5.94. The van der Waals surface area contributed by atoms with Crippen molar-refractivity contribution in [2.45, 2.75) is 0 Å². The summed E-state index contributed by atoms with van der Waals surface area (Å²) in [7, 11) is 3.22. The van der Waals surface area contributed by atoms with Crippen LogP contribution >= 0.6 is 23.7 Å². The smallest absolute Gasteiger partial charge is 0.295 e. The van der Waals surface area contributed by atoms with Gasteiger partial charge < -0.3 is 18.6 Å². The molecule has 0 spiro atoms. The largest absolute Gasteiger partial charge is 0.495 e. The van der Waals surface area contributed by atoms with E-state index in [1.807, 2.05) is 12.1 Å². The number of amides is 1. The van der Waals surface area contributed by atoms with Gasteiger partial charge in [-0.15, -0.1) is 12.4 Å². The molecule has 0 aliphatic carbocycles. The van der Waals surface area contributed by atoms with Gasteiger partial charge in [0.1, 0.15) is 21.7 Å². The Bertz CT molecular complexity index is 931. The molecule has 0 N–H and O–H groups in total. The van der Waals surface area contributed by atoms with E-state index in [-0.39, 0.29) is 24.1 Å². The zero-order valence-electron chi connectivity index (χ0n) is 16.8. The van der Waals surface area contributed by atoms with Crippen LogP contribution in [0.15, 0.2) is 34.9 Å². The molecule has 0 radical (unpaired) electrons. The SMILES string of the molecule is COc1ccc(OC)c2sc(N(CCN3CCOCC3)C(=O)c3ccco3)nc12.Cl. The molecule has 8 nitrogen and oxygen atoms in total. The van der Waals surface area contributed by atoms with E-state index in [1.54, 1.807) is 31.3 Å². The summed E-state index contributed by atoms with van der Waals surface area (Å²) in [5.41, 5.74) is 0.676. The Balaban J connectivity index is 0.00000256. The van der Waals surface area contributed by atoms with Gasteiger partial charge in [-0.05, 0) is 24.3 Å². The van der Waals surface area contributed by atoms with Crippen LogP contribution in [-0.4, -0.2) is 69.4 Å². The van der Waals surface area contributed by atoms with Crippen LogP contribution in [0.2, 0.25) is 0 Å². The molecule has 10 heteroatoms. The van der Waals surface area contributed by atoms with Crippen LogP contribution < -0.4 is 14.4 Å². The molecule has 3 heterocycles. The number of morpholine rings is 1. The molecule has 1 amide bonds. The van der Waals surface area contributed by atoms with Gasteiger partial charge in [0.15, 0.2) is 10.9 Å². The summed E-state index contributed by atoms with van der Waals surface area (Å²) >= 11 is 1.40. The normalized spacial score (nSPS) is 14.3. The first-order valence-corrected chi connectivity index (χ1v) is 10.2. The van der Waals surface area contributed by atoms with Crippen molar-refractivity contribution in [2.24, 2.45) is 0 Å². The highest BCUT2D eigenvalue weighted by molar-refractivity contribution is 7.22. The molecule has 162 valence electrons. The number of fused-ring (bicyclic) bond motifs is 1. The van der Waals surface area contributed by atoms with Crippen molar-refractivity contribution in [1.29, 1.82) is 0 Å². The Labute approximate surface area is 184 Å². The number of benzene rings is 1. The Morgan fingerprint density at radius 3 is 2.60 bits per heavy atom. The molecule has 1 aromatic carbocycles. The van der Waals surface area contributed by atoms with E-state index >= 15 is 0 Å². The first-order valence-electron chi connectivity index (χ1n) is 9.38. The minimum Gasteiger partial charge on any atom is -0.495 e. The van der Waals surface area contributed by atoms with Gasteiger partial charge in [-0.2, -0.15) is 0 Å². The number of carbonyl (C=O) groups excluding carboxylic acids is 1. The summed E-state index contributed by atoms with van der Waals surface area (Å²) in [6, 6.07) is 7.03. The Hall–Kier alpha value is -2.33. The van der Waals surface area contributed by atoms with Gasteiger partial charge in [0, 0.05) is 26.2 Å². The topological polar surface area (TPSA) is 77.3 Å². The fraction of sp³-hybridized carbons (Fsp3) is 0.400. The maximum atomic E-state index is 13.2. The number of ether oxygens (including phenoxy) is 3. The molecule has 2 aromatic heterocycles. The second-order valence-corrected chi connectivity index (χ2v) is 7.51. The number of halogens is 1. The maximum absolute atomic E-state index is 13.2. The summed E-state index contributed by atoms with van der Waals surface area (Å²) in [5.74, 6) is 1.40. The zero-order chi connectivity index (χ0) is 20.2. The molecule has 0 bridgehead atoms. The maximum Gasteiger partial charge on any atom is 0.295 e. The van der Waals surface area contributed by atoms with Gasteiger partial charge in [0.05, 0.1) is 33.7 Å². The summed E-state index contributed by atoms with van der Waals surface area (Å²) in [5, 5.41) is 0.581. The Kier molecular flexibility index (Phi) is 7.54. The van der Waals surface area contributed by atoms with Crippen LogP contribution in [-0.2, 0) is 4.74 Å². The molecule has 3 aromatic rings. The first kappa shape index (κ1) is 22.4. The molecule has 1 fully saturated rings. The van der Waals surface area contributed by atoms with Crippen molar-refractivity contribution >= 4 is 45.0 Å². The van der Waals surface area contributed by atoms with Crippen LogP contribution in [0, 0.1) is 0 Å². The minimum absolute atomic E-state index is 0. The highest BCUT2D eigenvalue weighted by Gasteiger charge is 2.26. The molecule has 4 rings (SSSR count). The van der Waals surface area contributed by atoms with E-state index in [9.17, 15) is 4.79 Å². The van der Waals surface area contributed by atoms with Gasteiger partial charge in [0.2, 0.25) is 0 Å².